The highest BCUT2D eigenvalue weighted by Gasteiger charge is 2.21. The number of hydrogen-bond donors (Lipinski definition) is 2. The van der Waals surface area contributed by atoms with Crippen LogP contribution in [0.15, 0.2) is 18.2 Å². The Labute approximate surface area is 129 Å². The van der Waals surface area contributed by atoms with Crippen LogP contribution in [-0.4, -0.2) is 39.1 Å². The number of anilines is 1. The highest BCUT2D eigenvalue weighted by atomic mass is 32.1. The van der Waals surface area contributed by atoms with E-state index in [9.17, 15) is 10.1 Å². The van der Waals surface area contributed by atoms with Gasteiger partial charge < -0.3 is 16.0 Å². The molecule has 0 aliphatic carbocycles. The number of nitrogens with zero attached hydrogens (tertiary/aromatic N) is 3. The molecule has 110 valence electrons. The Kier molecular flexibility index (Phi) is 3.70. The number of rotatable bonds is 2. The largest absolute Gasteiger partial charge is 0.347 e. The number of benzene rings is 1. The molecule has 1 aliphatic rings. The van der Waals surface area contributed by atoms with Gasteiger partial charge in [0.25, 0.3) is 5.69 Å². The lowest BCUT2D eigenvalue weighted by atomic mass is 10.3. The van der Waals surface area contributed by atoms with Gasteiger partial charge in [-0.2, -0.15) is 0 Å². The molecule has 2 heterocycles. The Morgan fingerprint density at radius 2 is 2.43 bits per heavy atom. The number of fused-ring (bicyclic) bond motifs is 1. The molecule has 7 nitrogen and oxygen atoms in total. The lowest BCUT2D eigenvalue weighted by molar-refractivity contribution is -0.384. The molecular weight excluding hydrogens is 310 g/mol. The Balaban J connectivity index is 1.78. The van der Waals surface area contributed by atoms with Crippen molar-refractivity contribution in [3.63, 3.8) is 0 Å². The number of thiocarbonyl (C=S) groups is 1. The van der Waals surface area contributed by atoms with Gasteiger partial charge in [0.15, 0.2) is 10.2 Å². The van der Waals surface area contributed by atoms with E-state index in [1.54, 1.807) is 6.07 Å². The van der Waals surface area contributed by atoms with E-state index in [1.165, 1.54) is 23.5 Å². The predicted molar refractivity (Wildman–Crippen MR) is 86.7 cm³/mol. The molecule has 1 aliphatic heterocycles. The monoisotopic (exact) mass is 323 g/mol. The summed E-state index contributed by atoms with van der Waals surface area (Å²) in [5, 5.41) is 15.1. The van der Waals surface area contributed by atoms with E-state index in [0.717, 1.165) is 24.2 Å². The van der Waals surface area contributed by atoms with Gasteiger partial charge in [0.1, 0.15) is 0 Å². The van der Waals surface area contributed by atoms with E-state index in [2.05, 4.69) is 10.3 Å². The molecule has 0 bridgehead atoms. The fourth-order valence-electron chi connectivity index (χ4n) is 2.22. The average Bonchev–Trinajstić information content (AvgIpc) is 3.03. The van der Waals surface area contributed by atoms with Crippen LogP contribution in [0.25, 0.3) is 10.2 Å². The zero-order valence-corrected chi connectivity index (χ0v) is 12.6. The summed E-state index contributed by atoms with van der Waals surface area (Å²) in [5.41, 5.74) is 6.63. The van der Waals surface area contributed by atoms with Crippen LogP contribution in [0.1, 0.15) is 6.42 Å². The minimum absolute atomic E-state index is 0.0609. The summed E-state index contributed by atoms with van der Waals surface area (Å²) < 4.78 is 0.757. The number of nitro groups is 1. The smallest absolute Gasteiger partial charge is 0.270 e. The first kappa shape index (κ1) is 14.1. The lowest BCUT2D eigenvalue weighted by Gasteiger charge is -2.18. The van der Waals surface area contributed by atoms with Crippen molar-refractivity contribution in [2.24, 2.45) is 5.73 Å². The minimum atomic E-state index is -0.414. The van der Waals surface area contributed by atoms with Gasteiger partial charge in [0, 0.05) is 31.3 Å². The van der Waals surface area contributed by atoms with Gasteiger partial charge in [-0.25, -0.2) is 4.98 Å². The van der Waals surface area contributed by atoms with Crippen LogP contribution in [0.5, 0.6) is 0 Å². The first-order chi connectivity index (χ1) is 10.0. The molecule has 2 aromatic rings. The first-order valence-electron chi connectivity index (χ1n) is 6.39. The van der Waals surface area contributed by atoms with Gasteiger partial charge in [-0.3, -0.25) is 10.1 Å². The summed E-state index contributed by atoms with van der Waals surface area (Å²) in [6.45, 7) is 1.57. The maximum absolute atomic E-state index is 10.8. The van der Waals surface area contributed by atoms with Gasteiger partial charge >= 0.3 is 0 Å². The van der Waals surface area contributed by atoms with E-state index >= 15 is 0 Å². The number of thiazole rings is 1. The van der Waals surface area contributed by atoms with Gasteiger partial charge in [-0.05, 0) is 24.7 Å². The molecule has 0 saturated carbocycles. The van der Waals surface area contributed by atoms with Gasteiger partial charge in [0.05, 0.1) is 15.1 Å². The van der Waals surface area contributed by atoms with Crippen molar-refractivity contribution in [1.82, 2.24) is 9.88 Å². The number of non-ortho nitro benzene ring substituents is 1. The molecule has 3 N–H and O–H groups in total. The van der Waals surface area contributed by atoms with E-state index < -0.39 is 4.92 Å². The number of nitro benzene ring substituents is 1. The summed E-state index contributed by atoms with van der Waals surface area (Å²) in [6.07, 6.45) is 0.924. The van der Waals surface area contributed by atoms with Crippen molar-refractivity contribution < 1.29 is 4.92 Å². The molecule has 3 rings (SSSR count). The molecule has 9 heteroatoms. The van der Waals surface area contributed by atoms with Gasteiger partial charge in [0.2, 0.25) is 0 Å². The zero-order valence-electron chi connectivity index (χ0n) is 11.0. The molecule has 0 radical (unpaired) electrons. The minimum Gasteiger partial charge on any atom is -0.347 e. The van der Waals surface area contributed by atoms with Gasteiger partial charge in [-0.15, -0.1) is 0 Å². The normalized spacial score (nSPS) is 18.1. The maximum Gasteiger partial charge on any atom is 0.270 e. The van der Waals surface area contributed by atoms with Crippen LogP contribution >= 0.6 is 23.6 Å². The third kappa shape index (κ3) is 2.94. The highest BCUT2D eigenvalue weighted by molar-refractivity contribution is 7.80. The second-order valence-electron chi connectivity index (χ2n) is 4.85. The molecule has 0 spiro atoms. The number of likely N-dealkylation sites (tertiary alicyclic amines) is 1. The van der Waals surface area contributed by atoms with Crippen molar-refractivity contribution in [2.45, 2.75) is 12.5 Å². The molecule has 1 aromatic heterocycles. The van der Waals surface area contributed by atoms with Crippen molar-refractivity contribution in [3.8, 4) is 0 Å². The topological polar surface area (TPSA) is 97.3 Å². The molecule has 1 aromatic carbocycles. The van der Waals surface area contributed by atoms with E-state index in [1.807, 2.05) is 4.90 Å². The second-order valence-corrected chi connectivity index (χ2v) is 6.27. The predicted octanol–water partition coefficient (Wildman–Crippen LogP) is 1.93. The van der Waals surface area contributed by atoms with Crippen molar-refractivity contribution >= 4 is 49.7 Å². The van der Waals surface area contributed by atoms with E-state index in [-0.39, 0.29) is 11.7 Å². The summed E-state index contributed by atoms with van der Waals surface area (Å²) >= 11 is 6.68. The van der Waals surface area contributed by atoms with Crippen molar-refractivity contribution in [3.05, 3.63) is 28.3 Å². The number of hydrogen-bond acceptors (Lipinski definition) is 6. The molecule has 0 amide bonds. The lowest BCUT2D eigenvalue weighted by Crippen LogP contribution is -2.34. The molecule has 1 fully saturated rings. The molecular formula is C12H13N5O2S2. The number of aromatic nitrogens is 1. The fourth-order valence-corrected chi connectivity index (χ4v) is 3.45. The van der Waals surface area contributed by atoms with Crippen LogP contribution in [0, 0.1) is 10.1 Å². The maximum atomic E-state index is 10.8. The molecule has 1 unspecified atom stereocenters. The first-order valence-corrected chi connectivity index (χ1v) is 7.62. The van der Waals surface area contributed by atoms with E-state index in [0.29, 0.717) is 15.8 Å². The SMILES string of the molecule is NC1CCN(C(=S)Nc2nc3ccc([N+](=O)[O-])cc3s2)C1. The molecule has 1 atom stereocenters. The molecule has 21 heavy (non-hydrogen) atoms. The number of nitrogens with one attached hydrogen (secondary N) is 1. The summed E-state index contributed by atoms with van der Waals surface area (Å²) in [7, 11) is 0. The van der Waals surface area contributed by atoms with Crippen LogP contribution in [0.2, 0.25) is 0 Å². The van der Waals surface area contributed by atoms with Crippen molar-refractivity contribution in [2.75, 3.05) is 18.4 Å². The second kappa shape index (κ2) is 5.51. The zero-order chi connectivity index (χ0) is 15.0. The number of nitrogens with two attached hydrogens (primary N) is 1. The fraction of sp³-hybridized carbons (Fsp3) is 0.333. The Bertz CT molecular complexity index is 717. The highest BCUT2D eigenvalue weighted by Crippen LogP contribution is 2.29. The quantitative estimate of drug-likeness (QED) is 0.495. The Morgan fingerprint density at radius 3 is 3.10 bits per heavy atom. The van der Waals surface area contributed by atoms with Crippen LogP contribution < -0.4 is 11.1 Å². The third-order valence-corrected chi connectivity index (χ3v) is 4.60. The Morgan fingerprint density at radius 1 is 1.62 bits per heavy atom. The average molecular weight is 323 g/mol. The van der Waals surface area contributed by atoms with Crippen LogP contribution in [0.3, 0.4) is 0 Å². The Hall–Kier alpha value is -1.84. The summed E-state index contributed by atoms with van der Waals surface area (Å²) in [5.74, 6) is 0. The van der Waals surface area contributed by atoms with Crippen molar-refractivity contribution in [1.29, 1.82) is 0 Å². The van der Waals surface area contributed by atoms with Gasteiger partial charge in [-0.1, -0.05) is 11.3 Å². The molecule has 1 saturated heterocycles. The standard InChI is InChI=1S/C12H13N5O2S2/c13-7-3-4-16(6-7)12(20)15-11-14-9-2-1-8(17(18)19)5-10(9)21-11/h1-2,5,7H,3-4,6,13H2,(H,14,15,20). The van der Waals surface area contributed by atoms with E-state index in [4.69, 9.17) is 18.0 Å². The van der Waals surface area contributed by atoms with Crippen LogP contribution in [-0.2, 0) is 0 Å². The third-order valence-electron chi connectivity index (χ3n) is 3.31. The van der Waals surface area contributed by atoms with Crippen LogP contribution in [0.4, 0.5) is 10.8 Å². The summed E-state index contributed by atoms with van der Waals surface area (Å²) in [6, 6.07) is 4.77. The summed E-state index contributed by atoms with van der Waals surface area (Å²) in [4.78, 5) is 16.7.